The summed E-state index contributed by atoms with van der Waals surface area (Å²) in [6.45, 7) is 0.818. The van der Waals surface area contributed by atoms with Crippen LogP contribution in [0.4, 0.5) is 11.5 Å². The van der Waals surface area contributed by atoms with Crippen molar-refractivity contribution in [2.75, 3.05) is 37.1 Å². The van der Waals surface area contributed by atoms with Gasteiger partial charge in [-0.2, -0.15) is 5.10 Å². The summed E-state index contributed by atoms with van der Waals surface area (Å²) in [6, 6.07) is 8.37. The highest BCUT2D eigenvalue weighted by Gasteiger charge is 2.21. The van der Waals surface area contributed by atoms with Crippen molar-refractivity contribution < 1.29 is 28.4 Å². The van der Waals surface area contributed by atoms with Crippen molar-refractivity contribution in [2.45, 2.75) is 0 Å². The molecule has 2 aromatic heterocycles. The van der Waals surface area contributed by atoms with E-state index in [0.29, 0.717) is 35.7 Å². The Morgan fingerprint density at radius 2 is 2.06 bits per heavy atom. The molecule has 168 valence electrons. The van der Waals surface area contributed by atoms with Gasteiger partial charge in [0.1, 0.15) is 11.4 Å². The standard InChI is InChI=1S/C18H20N7O6P/c19-18-15(25-10-12(8-21-25)24-6-5-20-9-17(24)26)7-14(22-23-18)13-3-1-2-4-16(13)30-11-31-32(27,28)29/h1-4,7-8,10,20H,5-6,9,11H2,(H2,19,23)(H2,27,28,29). The first-order valence-electron chi connectivity index (χ1n) is 9.43. The molecule has 13 nitrogen and oxygen atoms in total. The lowest BCUT2D eigenvalue weighted by atomic mass is 10.1. The maximum Gasteiger partial charge on any atom is 0.472 e. The van der Waals surface area contributed by atoms with Crippen molar-refractivity contribution in [3.63, 3.8) is 0 Å². The first-order chi connectivity index (χ1) is 15.3. The van der Waals surface area contributed by atoms with E-state index < -0.39 is 14.6 Å². The van der Waals surface area contributed by atoms with Crippen molar-refractivity contribution in [3.05, 3.63) is 42.7 Å². The molecule has 0 aliphatic carbocycles. The number of carbonyl (C=O) groups excluding carboxylic acids is 1. The monoisotopic (exact) mass is 461 g/mol. The van der Waals surface area contributed by atoms with E-state index in [-0.39, 0.29) is 24.0 Å². The van der Waals surface area contributed by atoms with E-state index in [1.165, 1.54) is 4.68 Å². The van der Waals surface area contributed by atoms with E-state index in [9.17, 15) is 9.36 Å². The molecule has 1 saturated heterocycles. The molecular formula is C18H20N7O6P. The van der Waals surface area contributed by atoms with Crippen LogP contribution in [0.2, 0.25) is 0 Å². The number of nitrogens with one attached hydrogen (secondary N) is 1. The number of carbonyl (C=O) groups is 1. The van der Waals surface area contributed by atoms with Crippen molar-refractivity contribution >= 4 is 25.2 Å². The number of nitrogens with two attached hydrogens (primary N) is 1. The summed E-state index contributed by atoms with van der Waals surface area (Å²) in [7, 11) is -4.67. The molecule has 4 rings (SSSR count). The van der Waals surface area contributed by atoms with Crippen LogP contribution in [0.5, 0.6) is 5.75 Å². The van der Waals surface area contributed by atoms with Gasteiger partial charge in [-0.15, -0.1) is 10.2 Å². The maximum atomic E-state index is 12.1. The quantitative estimate of drug-likeness (QED) is 0.281. The second-order valence-electron chi connectivity index (χ2n) is 6.74. The lowest BCUT2D eigenvalue weighted by molar-refractivity contribution is -0.118. The van der Waals surface area contributed by atoms with Gasteiger partial charge in [-0.05, 0) is 18.2 Å². The zero-order valence-corrected chi connectivity index (χ0v) is 17.6. The molecule has 14 heteroatoms. The highest BCUT2D eigenvalue weighted by atomic mass is 31.2. The Bertz CT molecular complexity index is 1180. The molecule has 0 bridgehead atoms. The first kappa shape index (κ1) is 21.9. The molecule has 0 unspecified atom stereocenters. The second kappa shape index (κ2) is 9.02. The number of nitrogens with zero attached hydrogens (tertiary/aromatic N) is 5. The number of hydrogen-bond donors (Lipinski definition) is 4. The summed E-state index contributed by atoms with van der Waals surface area (Å²) in [5.74, 6) is 0.345. The van der Waals surface area contributed by atoms with Gasteiger partial charge in [-0.25, -0.2) is 13.8 Å². The fraction of sp³-hybridized carbons (Fsp3) is 0.222. The molecule has 0 radical (unpaired) electrons. The molecule has 1 amide bonds. The van der Waals surface area contributed by atoms with Crippen LogP contribution in [0.3, 0.4) is 0 Å². The molecule has 3 heterocycles. The van der Waals surface area contributed by atoms with Gasteiger partial charge in [0.2, 0.25) is 5.91 Å². The van der Waals surface area contributed by atoms with Gasteiger partial charge in [0, 0.05) is 18.7 Å². The second-order valence-corrected chi connectivity index (χ2v) is 7.98. The van der Waals surface area contributed by atoms with Crippen LogP contribution in [0.15, 0.2) is 42.7 Å². The molecule has 0 saturated carbocycles. The minimum atomic E-state index is -4.67. The Hall–Kier alpha value is -3.35. The molecule has 1 aliphatic rings. The van der Waals surface area contributed by atoms with Crippen LogP contribution >= 0.6 is 7.82 Å². The van der Waals surface area contributed by atoms with Crippen molar-refractivity contribution in [3.8, 4) is 22.7 Å². The molecule has 0 atom stereocenters. The smallest absolute Gasteiger partial charge is 0.466 e. The third-order valence-corrected chi connectivity index (χ3v) is 5.06. The Kier molecular flexibility index (Phi) is 6.17. The summed E-state index contributed by atoms with van der Waals surface area (Å²) in [5, 5.41) is 15.4. The van der Waals surface area contributed by atoms with Crippen molar-refractivity contribution in [2.24, 2.45) is 0 Å². The predicted molar refractivity (Wildman–Crippen MR) is 113 cm³/mol. The number of benzene rings is 1. The number of piperazine rings is 1. The number of phosphoric acid groups is 1. The fourth-order valence-corrected chi connectivity index (χ4v) is 3.32. The molecule has 32 heavy (non-hydrogen) atoms. The Morgan fingerprint density at radius 3 is 2.84 bits per heavy atom. The van der Waals surface area contributed by atoms with E-state index in [1.807, 2.05) is 0 Å². The number of hydrogen-bond acceptors (Lipinski definition) is 9. The summed E-state index contributed by atoms with van der Waals surface area (Å²) >= 11 is 0. The fourth-order valence-electron chi connectivity index (χ4n) is 3.13. The summed E-state index contributed by atoms with van der Waals surface area (Å²) in [6.07, 6.45) is 3.25. The van der Waals surface area contributed by atoms with Crippen LogP contribution < -0.4 is 20.7 Å². The van der Waals surface area contributed by atoms with Gasteiger partial charge in [-0.1, -0.05) is 12.1 Å². The number of amides is 1. The number of nitrogen functional groups attached to an aromatic ring is 1. The molecule has 1 fully saturated rings. The average molecular weight is 461 g/mol. The topological polar surface area (TPSA) is 178 Å². The Balaban J connectivity index is 1.62. The van der Waals surface area contributed by atoms with Crippen molar-refractivity contribution in [1.82, 2.24) is 25.3 Å². The number of anilines is 2. The number of ether oxygens (including phenoxy) is 1. The highest BCUT2D eigenvalue weighted by molar-refractivity contribution is 7.46. The normalized spacial score (nSPS) is 14.6. The van der Waals surface area contributed by atoms with E-state index >= 15 is 0 Å². The number of aromatic nitrogens is 4. The number of para-hydroxylation sites is 1. The van der Waals surface area contributed by atoms with Gasteiger partial charge < -0.3 is 30.5 Å². The molecular weight excluding hydrogens is 441 g/mol. The minimum absolute atomic E-state index is 0.0547. The van der Waals surface area contributed by atoms with Crippen LogP contribution in [-0.4, -0.2) is 62.1 Å². The van der Waals surface area contributed by atoms with Gasteiger partial charge in [0.25, 0.3) is 0 Å². The van der Waals surface area contributed by atoms with Gasteiger partial charge >= 0.3 is 7.82 Å². The van der Waals surface area contributed by atoms with E-state index in [2.05, 4.69) is 25.1 Å². The third-order valence-electron chi connectivity index (χ3n) is 4.62. The zero-order valence-electron chi connectivity index (χ0n) is 16.7. The first-order valence-corrected chi connectivity index (χ1v) is 11.0. The molecule has 5 N–H and O–H groups in total. The molecule has 0 spiro atoms. The summed E-state index contributed by atoms with van der Waals surface area (Å²) in [4.78, 5) is 31.4. The van der Waals surface area contributed by atoms with Gasteiger partial charge in [0.05, 0.1) is 30.3 Å². The van der Waals surface area contributed by atoms with E-state index in [4.69, 9.17) is 20.3 Å². The van der Waals surface area contributed by atoms with Gasteiger partial charge in [-0.3, -0.25) is 4.79 Å². The SMILES string of the molecule is Nc1nnc(-c2ccccc2OCOP(=O)(O)O)cc1-n1cc(N2CCNCC2=O)cn1. The summed E-state index contributed by atoms with van der Waals surface area (Å²) < 4.78 is 22.1. The number of phosphoric ester groups is 1. The zero-order chi connectivity index (χ0) is 22.7. The number of rotatable bonds is 7. The Labute approximate surface area is 182 Å². The molecule has 3 aromatic rings. The largest absolute Gasteiger partial charge is 0.472 e. The maximum absolute atomic E-state index is 12.1. The average Bonchev–Trinajstić information content (AvgIpc) is 3.24. The molecule has 1 aromatic carbocycles. The van der Waals surface area contributed by atoms with Crippen LogP contribution in [-0.2, 0) is 13.9 Å². The van der Waals surface area contributed by atoms with Crippen LogP contribution in [0, 0.1) is 0 Å². The van der Waals surface area contributed by atoms with Crippen molar-refractivity contribution in [1.29, 1.82) is 0 Å². The highest BCUT2D eigenvalue weighted by Crippen LogP contribution is 2.36. The van der Waals surface area contributed by atoms with E-state index in [1.54, 1.807) is 47.6 Å². The van der Waals surface area contributed by atoms with E-state index in [0.717, 1.165) is 0 Å². The lowest BCUT2D eigenvalue weighted by Crippen LogP contribution is -2.48. The van der Waals surface area contributed by atoms with Gasteiger partial charge in [0.15, 0.2) is 12.6 Å². The summed E-state index contributed by atoms with van der Waals surface area (Å²) in [5.41, 5.74) is 7.97. The van der Waals surface area contributed by atoms with Crippen LogP contribution in [0.25, 0.3) is 16.9 Å². The Morgan fingerprint density at radius 1 is 1.25 bits per heavy atom. The lowest BCUT2D eigenvalue weighted by Gasteiger charge is -2.25. The molecule has 1 aliphatic heterocycles. The van der Waals surface area contributed by atoms with Crippen LogP contribution in [0.1, 0.15) is 0 Å². The predicted octanol–water partition coefficient (Wildman–Crippen LogP) is 0.293. The minimum Gasteiger partial charge on any atom is -0.466 e. The third kappa shape index (κ3) is 4.93.